The lowest BCUT2D eigenvalue weighted by Gasteiger charge is -2.30. The van der Waals surface area contributed by atoms with Gasteiger partial charge in [-0.15, -0.1) is 0 Å². The van der Waals surface area contributed by atoms with Crippen molar-refractivity contribution >= 4 is 45.2 Å². The van der Waals surface area contributed by atoms with Crippen LogP contribution in [0.15, 0.2) is 107 Å². The molecule has 216 valence electrons. The molecule has 41 heavy (non-hydrogen) atoms. The van der Waals surface area contributed by atoms with Gasteiger partial charge in [0.1, 0.15) is 22.8 Å². The molecule has 4 unspecified atom stereocenters. The molecule has 0 N–H and O–H groups in total. The standard InChI is InChI=1S/C32H30Cl2F2O4S/c1-39-31(15-11-23-7-3-5-9-29(23)35)17-13-25(27(33)19-31)21-41(37,38)22-26-14-18-32(40-2,20-28(26)34)16-12-24-8-4-6-10-30(24)36/h3-20,25-26H,21-22H2,1-2H3/b15-11+,16-12+. The van der Waals surface area contributed by atoms with Crippen molar-refractivity contribution in [3.63, 3.8) is 0 Å². The highest BCUT2D eigenvalue weighted by atomic mass is 35.5. The second-order valence-electron chi connectivity index (χ2n) is 9.89. The van der Waals surface area contributed by atoms with Crippen molar-refractivity contribution < 1.29 is 26.7 Å². The maximum Gasteiger partial charge on any atom is 0.152 e. The van der Waals surface area contributed by atoms with E-state index in [-0.39, 0.29) is 23.1 Å². The first-order valence-corrected chi connectivity index (χ1v) is 15.4. The van der Waals surface area contributed by atoms with Crippen LogP contribution in [-0.2, 0) is 19.3 Å². The van der Waals surface area contributed by atoms with Crippen molar-refractivity contribution in [2.75, 3.05) is 25.7 Å². The van der Waals surface area contributed by atoms with E-state index in [0.717, 1.165) is 0 Å². The Morgan fingerprint density at radius 1 is 0.756 bits per heavy atom. The molecular formula is C32H30Cl2F2O4S. The van der Waals surface area contributed by atoms with E-state index < -0.39 is 32.9 Å². The van der Waals surface area contributed by atoms with Gasteiger partial charge in [0.2, 0.25) is 0 Å². The summed E-state index contributed by atoms with van der Waals surface area (Å²) in [6, 6.07) is 12.7. The normalized spacial score (nSPS) is 26.5. The predicted octanol–water partition coefficient (Wildman–Crippen LogP) is 7.49. The molecular weight excluding hydrogens is 589 g/mol. The third-order valence-corrected chi connectivity index (χ3v) is 9.56. The number of methoxy groups -OCH3 is 2. The molecule has 2 aliphatic carbocycles. The fourth-order valence-electron chi connectivity index (χ4n) is 4.60. The minimum absolute atomic E-state index is 0.229. The lowest BCUT2D eigenvalue weighted by Crippen LogP contribution is -2.31. The molecule has 0 radical (unpaired) electrons. The van der Waals surface area contributed by atoms with Gasteiger partial charge in [-0.1, -0.05) is 83.9 Å². The zero-order valence-corrected chi connectivity index (χ0v) is 24.8. The maximum atomic E-state index is 14.0. The average Bonchev–Trinajstić information content (AvgIpc) is 2.95. The molecule has 0 amide bonds. The van der Waals surface area contributed by atoms with Crippen molar-refractivity contribution in [3.8, 4) is 0 Å². The van der Waals surface area contributed by atoms with Gasteiger partial charge in [-0.25, -0.2) is 17.2 Å². The van der Waals surface area contributed by atoms with Gasteiger partial charge in [0.05, 0.1) is 11.5 Å². The lowest BCUT2D eigenvalue weighted by molar-refractivity contribution is 0.113. The summed E-state index contributed by atoms with van der Waals surface area (Å²) < 4.78 is 65.8. The highest BCUT2D eigenvalue weighted by Gasteiger charge is 2.33. The molecule has 0 aromatic heterocycles. The number of halogens is 4. The summed E-state index contributed by atoms with van der Waals surface area (Å²) in [4.78, 5) is 0. The second-order valence-corrected chi connectivity index (χ2v) is 12.9. The fraction of sp³-hybridized carbons (Fsp3) is 0.250. The Kier molecular flexibility index (Phi) is 9.88. The molecule has 9 heteroatoms. The average molecular weight is 620 g/mol. The molecule has 2 aliphatic rings. The van der Waals surface area contributed by atoms with Crippen LogP contribution in [-0.4, -0.2) is 45.3 Å². The lowest BCUT2D eigenvalue weighted by atomic mass is 9.91. The number of allylic oxidation sites excluding steroid dienone is 4. The van der Waals surface area contributed by atoms with Gasteiger partial charge in [0.25, 0.3) is 0 Å². The van der Waals surface area contributed by atoms with Crippen molar-refractivity contribution in [1.82, 2.24) is 0 Å². The smallest absolute Gasteiger partial charge is 0.152 e. The Balaban J connectivity index is 1.44. The maximum absolute atomic E-state index is 14.0. The molecule has 4 nitrogen and oxygen atoms in total. The number of benzene rings is 2. The van der Waals surface area contributed by atoms with E-state index in [1.165, 1.54) is 26.4 Å². The molecule has 4 atom stereocenters. The van der Waals surface area contributed by atoms with Crippen LogP contribution in [0.4, 0.5) is 8.78 Å². The van der Waals surface area contributed by atoms with E-state index in [9.17, 15) is 17.2 Å². The topological polar surface area (TPSA) is 52.6 Å². The van der Waals surface area contributed by atoms with Crippen molar-refractivity contribution in [1.29, 1.82) is 0 Å². The highest BCUT2D eigenvalue weighted by molar-refractivity contribution is 7.91. The Morgan fingerprint density at radius 3 is 1.49 bits per heavy atom. The quantitative estimate of drug-likeness (QED) is 0.259. The van der Waals surface area contributed by atoms with Gasteiger partial charge in [0, 0.05) is 47.2 Å². The fourth-order valence-corrected chi connectivity index (χ4v) is 7.24. The van der Waals surface area contributed by atoms with E-state index in [1.54, 1.807) is 97.2 Å². The van der Waals surface area contributed by atoms with E-state index >= 15 is 0 Å². The van der Waals surface area contributed by atoms with E-state index in [2.05, 4.69) is 0 Å². The minimum Gasteiger partial charge on any atom is -0.366 e. The summed E-state index contributed by atoms with van der Waals surface area (Å²) in [6.07, 6.45) is 16.5. The predicted molar refractivity (Wildman–Crippen MR) is 162 cm³/mol. The summed E-state index contributed by atoms with van der Waals surface area (Å²) in [5.41, 5.74) is -1.32. The Hall–Kier alpha value is -2.81. The van der Waals surface area contributed by atoms with Gasteiger partial charge in [0.15, 0.2) is 9.84 Å². The van der Waals surface area contributed by atoms with Crippen LogP contribution >= 0.6 is 23.2 Å². The van der Waals surface area contributed by atoms with Gasteiger partial charge in [-0.2, -0.15) is 0 Å². The molecule has 0 saturated heterocycles. The van der Waals surface area contributed by atoms with E-state index in [0.29, 0.717) is 21.2 Å². The zero-order chi connectivity index (χ0) is 29.7. The number of hydrogen-bond acceptors (Lipinski definition) is 4. The van der Waals surface area contributed by atoms with Crippen molar-refractivity contribution in [2.45, 2.75) is 11.2 Å². The Morgan fingerprint density at radius 2 is 1.15 bits per heavy atom. The van der Waals surface area contributed by atoms with E-state index in [4.69, 9.17) is 32.7 Å². The van der Waals surface area contributed by atoms with Crippen molar-refractivity contribution in [2.24, 2.45) is 11.8 Å². The third-order valence-electron chi connectivity index (χ3n) is 7.04. The zero-order valence-electron chi connectivity index (χ0n) is 22.5. The van der Waals surface area contributed by atoms with Gasteiger partial charge < -0.3 is 9.47 Å². The first-order valence-electron chi connectivity index (χ1n) is 12.8. The molecule has 2 aromatic carbocycles. The summed E-state index contributed by atoms with van der Waals surface area (Å²) in [5, 5.41) is 0.599. The minimum atomic E-state index is -3.63. The summed E-state index contributed by atoms with van der Waals surface area (Å²) in [5.74, 6) is -2.36. The van der Waals surface area contributed by atoms with Gasteiger partial charge >= 0.3 is 0 Å². The Labute approximate surface area is 249 Å². The van der Waals surface area contributed by atoms with Crippen LogP contribution in [0.3, 0.4) is 0 Å². The van der Waals surface area contributed by atoms with Crippen LogP contribution in [0.5, 0.6) is 0 Å². The number of rotatable bonds is 10. The van der Waals surface area contributed by atoms with Crippen LogP contribution in [0.25, 0.3) is 12.2 Å². The highest BCUT2D eigenvalue weighted by Crippen LogP contribution is 2.35. The number of ether oxygens (including phenoxy) is 2. The van der Waals surface area contributed by atoms with Gasteiger partial charge in [-0.3, -0.25) is 0 Å². The molecule has 0 saturated carbocycles. The summed E-state index contributed by atoms with van der Waals surface area (Å²) in [6.45, 7) is 0. The third kappa shape index (κ3) is 7.73. The summed E-state index contributed by atoms with van der Waals surface area (Å²) in [7, 11) is -0.648. The van der Waals surface area contributed by atoms with Crippen LogP contribution in [0, 0.1) is 23.5 Å². The number of sulfone groups is 1. The molecule has 4 rings (SSSR count). The molecule has 2 aromatic rings. The molecule has 0 heterocycles. The van der Waals surface area contributed by atoms with Crippen LogP contribution in [0.2, 0.25) is 0 Å². The molecule has 0 fully saturated rings. The summed E-state index contributed by atoms with van der Waals surface area (Å²) >= 11 is 13.1. The molecule has 0 aliphatic heterocycles. The SMILES string of the molecule is COC1(/C=C/c2ccccc2F)C=CC(CS(=O)(=O)CC2C=CC(/C=C/c3ccccc3F)(OC)C=C2Cl)C(Cl)=C1. The van der Waals surface area contributed by atoms with Crippen LogP contribution < -0.4 is 0 Å². The monoisotopic (exact) mass is 618 g/mol. The second kappa shape index (κ2) is 13.0. The number of hydrogen-bond donors (Lipinski definition) is 0. The molecule has 0 spiro atoms. The van der Waals surface area contributed by atoms with E-state index in [1.807, 2.05) is 0 Å². The first-order chi connectivity index (χ1) is 19.5. The Bertz CT molecular complexity index is 1450. The first kappa shape index (κ1) is 31.1. The molecule has 0 bridgehead atoms. The van der Waals surface area contributed by atoms with Crippen LogP contribution in [0.1, 0.15) is 11.1 Å². The van der Waals surface area contributed by atoms with Gasteiger partial charge in [-0.05, 0) is 48.6 Å². The largest absolute Gasteiger partial charge is 0.366 e. The van der Waals surface area contributed by atoms with Crippen molar-refractivity contribution in [3.05, 3.63) is 130 Å².